The van der Waals surface area contributed by atoms with Gasteiger partial charge in [-0.05, 0) is 19.3 Å². The average Bonchev–Trinajstić information content (AvgIpc) is 2.90. The van der Waals surface area contributed by atoms with Crippen molar-refractivity contribution in [2.45, 2.75) is 46.1 Å². The highest BCUT2D eigenvalue weighted by Crippen LogP contribution is 2.32. The van der Waals surface area contributed by atoms with E-state index in [1.165, 1.54) is 12.8 Å². The van der Waals surface area contributed by atoms with Crippen molar-refractivity contribution in [1.29, 1.82) is 0 Å². The number of hydrogen-bond acceptors (Lipinski definition) is 2. The van der Waals surface area contributed by atoms with Gasteiger partial charge in [0.25, 0.3) is 0 Å². The molecule has 92 valence electrons. The maximum absolute atomic E-state index is 12.3. The molecule has 0 N–H and O–H groups in total. The SMILES string of the molecule is CC(C)(C)C(=O)N(CC1CCOC1)C1CC1. The van der Waals surface area contributed by atoms with E-state index in [9.17, 15) is 4.79 Å². The van der Waals surface area contributed by atoms with Gasteiger partial charge in [0.15, 0.2) is 0 Å². The van der Waals surface area contributed by atoms with Crippen molar-refractivity contribution in [2.75, 3.05) is 19.8 Å². The maximum atomic E-state index is 12.3. The molecule has 2 aliphatic rings. The second-order valence-corrected chi connectivity index (χ2v) is 6.17. The number of amides is 1. The van der Waals surface area contributed by atoms with E-state index in [2.05, 4.69) is 4.90 Å². The zero-order valence-electron chi connectivity index (χ0n) is 10.7. The van der Waals surface area contributed by atoms with Crippen LogP contribution in [-0.4, -0.2) is 36.6 Å². The Kier molecular flexibility index (Phi) is 3.24. The van der Waals surface area contributed by atoms with Crippen molar-refractivity contribution in [3.8, 4) is 0 Å². The Morgan fingerprint density at radius 2 is 2.00 bits per heavy atom. The third-order valence-corrected chi connectivity index (χ3v) is 3.37. The molecule has 1 aliphatic heterocycles. The minimum atomic E-state index is -0.248. The van der Waals surface area contributed by atoms with Gasteiger partial charge in [0.1, 0.15) is 0 Å². The van der Waals surface area contributed by atoms with Gasteiger partial charge in [-0.3, -0.25) is 4.79 Å². The Labute approximate surface area is 98.1 Å². The van der Waals surface area contributed by atoms with Crippen LogP contribution < -0.4 is 0 Å². The first-order chi connectivity index (χ1) is 7.48. The highest BCUT2D eigenvalue weighted by Gasteiger charge is 2.38. The monoisotopic (exact) mass is 225 g/mol. The second-order valence-electron chi connectivity index (χ2n) is 6.17. The van der Waals surface area contributed by atoms with Crippen LogP contribution in [-0.2, 0) is 9.53 Å². The Morgan fingerprint density at radius 1 is 1.31 bits per heavy atom. The Hall–Kier alpha value is -0.570. The van der Waals surface area contributed by atoms with Gasteiger partial charge in [-0.15, -0.1) is 0 Å². The molecule has 1 aliphatic carbocycles. The first-order valence-electron chi connectivity index (χ1n) is 6.37. The van der Waals surface area contributed by atoms with Gasteiger partial charge in [0, 0.05) is 30.5 Å². The van der Waals surface area contributed by atoms with Gasteiger partial charge in [-0.25, -0.2) is 0 Å². The first kappa shape index (κ1) is 11.9. The number of carbonyl (C=O) groups excluding carboxylic acids is 1. The van der Waals surface area contributed by atoms with Crippen molar-refractivity contribution in [3.05, 3.63) is 0 Å². The number of hydrogen-bond donors (Lipinski definition) is 0. The highest BCUT2D eigenvalue weighted by molar-refractivity contribution is 5.82. The van der Waals surface area contributed by atoms with Gasteiger partial charge in [-0.1, -0.05) is 20.8 Å². The number of nitrogens with zero attached hydrogens (tertiary/aromatic N) is 1. The van der Waals surface area contributed by atoms with Gasteiger partial charge >= 0.3 is 0 Å². The van der Waals surface area contributed by atoms with Crippen LogP contribution >= 0.6 is 0 Å². The van der Waals surface area contributed by atoms with Crippen molar-refractivity contribution in [3.63, 3.8) is 0 Å². The smallest absolute Gasteiger partial charge is 0.228 e. The molecule has 3 nitrogen and oxygen atoms in total. The Bertz CT molecular complexity index is 260. The molecule has 1 amide bonds. The minimum Gasteiger partial charge on any atom is -0.381 e. The number of ether oxygens (including phenoxy) is 1. The summed E-state index contributed by atoms with van der Waals surface area (Å²) in [6, 6.07) is 0.521. The second kappa shape index (κ2) is 4.36. The minimum absolute atomic E-state index is 0.248. The molecule has 1 heterocycles. The summed E-state index contributed by atoms with van der Waals surface area (Å²) in [7, 11) is 0. The fraction of sp³-hybridized carbons (Fsp3) is 0.923. The standard InChI is InChI=1S/C13H23NO2/c1-13(2,3)12(15)14(11-4-5-11)8-10-6-7-16-9-10/h10-11H,4-9H2,1-3H3. The van der Waals surface area contributed by atoms with Crippen LogP contribution in [0.4, 0.5) is 0 Å². The van der Waals surface area contributed by atoms with Gasteiger partial charge in [-0.2, -0.15) is 0 Å². The Balaban J connectivity index is 1.96. The predicted molar refractivity (Wildman–Crippen MR) is 63.1 cm³/mol. The van der Waals surface area contributed by atoms with Crippen LogP contribution in [0.2, 0.25) is 0 Å². The summed E-state index contributed by atoms with van der Waals surface area (Å²) < 4.78 is 5.39. The Morgan fingerprint density at radius 3 is 2.44 bits per heavy atom. The van der Waals surface area contributed by atoms with E-state index in [1.807, 2.05) is 20.8 Å². The van der Waals surface area contributed by atoms with Crippen LogP contribution in [0.1, 0.15) is 40.0 Å². The lowest BCUT2D eigenvalue weighted by Gasteiger charge is -2.31. The molecule has 0 bridgehead atoms. The summed E-state index contributed by atoms with van der Waals surface area (Å²) in [5.41, 5.74) is -0.248. The van der Waals surface area contributed by atoms with Crippen LogP contribution in [0.25, 0.3) is 0 Å². The van der Waals surface area contributed by atoms with E-state index in [0.29, 0.717) is 17.9 Å². The van der Waals surface area contributed by atoms with E-state index < -0.39 is 0 Å². The molecule has 1 saturated heterocycles. The van der Waals surface area contributed by atoms with E-state index in [-0.39, 0.29) is 5.41 Å². The quantitative estimate of drug-likeness (QED) is 0.736. The van der Waals surface area contributed by atoms with Crippen LogP contribution in [0.3, 0.4) is 0 Å². The van der Waals surface area contributed by atoms with Crippen LogP contribution in [0, 0.1) is 11.3 Å². The highest BCUT2D eigenvalue weighted by atomic mass is 16.5. The van der Waals surface area contributed by atoms with E-state index in [4.69, 9.17) is 4.74 Å². The molecule has 1 unspecified atom stereocenters. The van der Waals surface area contributed by atoms with E-state index in [1.54, 1.807) is 0 Å². The van der Waals surface area contributed by atoms with Crippen LogP contribution in [0.15, 0.2) is 0 Å². The lowest BCUT2D eigenvalue weighted by molar-refractivity contribution is -0.140. The van der Waals surface area contributed by atoms with E-state index >= 15 is 0 Å². The molecule has 3 heteroatoms. The molecule has 1 saturated carbocycles. The summed E-state index contributed by atoms with van der Waals surface area (Å²) in [6.07, 6.45) is 3.49. The fourth-order valence-electron chi connectivity index (χ4n) is 2.22. The molecular weight excluding hydrogens is 202 g/mol. The van der Waals surface area contributed by atoms with Gasteiger partial charge in [0.2, 0.25) is 5.91 Å². The van der Waals surface area contributed by atoms with Crippen molar-refractivity contribution in [1.82, 2.24) is 4.90 Å². The summed E-state index contributed by atoms with van der Waals surface area (Å²) in [6.45, 7) is 8.63. The molecule has 0 aromatic rings. The van der Waals surface area contributed by atoms with Gasteiger partial charge in [0.05, 0.1) is 6.61 Å². The molecular formula is C13H23NO2. The zero-order valence-corrected chi connectivity index (χ0v) is 10.7. The summed E-state index contributed by atoms with van der Waals surface area (Å²) in [5.74, 6) is 0.869. The number of carbonyl (C=O) groups is 1. The van der Waals surface area contributed by atoms with Gasteiger partial charge < -0.3 is 9.64 Å². The lowest BCUT2D eigenvalue weighted by Crippen LogP contribution is -2.43. The molecule has 1 atom stereocenters. The normalized spacial score (nSPS) is 25.8. The lowest BCUT2D eigenvalue weighted by atomic mass is 9.94. The summed E-state index contributed by atoms with van der Waals surface area (Å²) in [4.78, 5) is 14.4. The molecule has 16 heavy (non-hydrogen) atoms. The van der Waals surface area contributed by atoms with Crippen LogP contribution in [0.5, 0.6) is 0 Å². The zero-order chi connectivity index (χ0) is 11.8. The molecule has 2 rings (SSSR count). The maximum Gasteiger partial charge on any atom is 0.228 e. The molecule has 2 fully saturated rings. The molecule has 0 aromatic carbocycles. The fourth-order valence-corrected chi connectivity index (χ4v) is 2.22. The van der Waals surface area contributed by atoms with Crippen molar-refractivity contribution in [2.24, 2.45) is 11.3 Å². The van der Waals surface area contributed by atoms with E-state index in [0.717, 1.165) is 26.2 Å². The molecule has 0 spiro atoms. The third-order valence-electron chi connectivity index (χ3n) is 3.37. The summed E-state index contributed by atoms with van der Waals surface area (Å²) in [5, 5.41) is 0. The third kappa shape index (κ3) is 2.76. The predicted octanol–water partition coefficient (Wildman–Crippen LogP) is 2.06. The molecule has 0 aromatic heterocycles. The average molecular weight is 225 g/mol. The number of rotatable bonds is 3. The topological polar surface area (TPSA) is 29.5 Å². The molecule has 0 radical (unpaired) electrons. The summed E-state index contributed by atoms with van der Waals surface area (Å²) >= 11 is 0. The van der Waals surface area contributed by atoms with Crippen molar-refractivity contribution < 1.29 is 9.53 Å². The van der Waals surface area contributed by atoms with Crippen molar-refractivity contribution >= 4 is 5.91 Å². The largest absolute Gasteiger partial charge is 0.381 e. The first-order valence-corrected chi connectivity index (χ1v) is 6.37.